The van der Waals surface area contributed by atoms with Gasteiger partial charge < -0.3 is 22.1 Å². The van der Waals surface area contributed by atoms with Crippen molar-refractivity contribution in [2.45, 2.75) is 6.42 Å². The number of nitrogens with one attached hydrogen (secondary N) is 2. The number of rotatable bonds is 8. The first-order valence-corrected chi connectivity index (χ1v) is 7.25. The van der Waals surface area contributed by atoms with Crippen molar-refractivity contribution in [3.05, 3.63) is 59.7 Å². The second-order valence-electron chi connectivity index (χ2n) is 5.21. The maximum Gasteiger partial charge on any atom is 0.236 e. The van der Waals surface area contributed by atoms with Gasteiger partial charge in [-0.25, -0.2) is 0 Å². The van der Waals surface area contributed by atoms with Gasteiger partial charge in [0.05, 0.1) is 13.1 Å². The molecule has 6 N–H and O–H groups in total. The van der Waals surface area contributed by atoms with E-state index < -0.39 is 0 Å². The summed E-state index contributed by atoms with van der Waals surface area (Å²) in [5.74, 6) is -0.779. The third-order valence-electron chi connectivity index (χ3n) is 3.25. The molecule has 0 radical (unpaired) electrons. The fourth-order valence-electron chi connectivity index (χ4n) is 2.09. The van der Waals surface area contributed by atoms with Crippen molar-refractivity contribution in [1.29, 1.82) is 0 Å². The van der Waals surface area contributed by atoms with Gasteiger partial charge in [-0.1, -0.05) is 24.3 Å². The normalized spacial score (nSPS) is 10.1. The average Bonchev–Trinajstić information content (AvgIpc) is 2.53. The molecule has 120 valence electrons. The number of benzene rings is 2. The van der Waals surface area contributed by atoms with Crippen LogP contribution in [0.25, 0.3) is 0 Å². The van der Waals surface area contributed by atoms with Crippen LogP contribution in [0.1, 0.15) is 11.1 Å². The molecule has 0 fully saturated rings. The number of anilines is 2. The Kier molecular flexibility index (Phi) is 5.57. The van der Waals surface area contributed by atoms with Crippen LogP contribution in [0.2, 0.25) is 0 Å². The Morgan fingerprint density at radius 2 is 1.04 bits per heavy atom. The highest BCUT2D eigenvalue weighted by Crippen LogP contribution is 2.15. The van der Waals surface area contributed by atoms with Crippen molar-refractivity contribution in [1.82, 2.24) is 0 Å². The van der Waals surface area contributed by atoms with Crippen molar-refractivity contribution in [3.63, 3.8) is 0 Å². The van der Waals surface area contributed by atoms with Crippen molar-refractivity contribution in [2.75, 3.05) is 23.7 Å². The number of hydrogen-bond acceptors (Lipinski definition) is 4. The summed E-state index contributed by atoms with van der Waals surface area (Å²) in [7, 11) is 0. The molecule has 0 aliphatic rings. The van der Waals surface area contributed by atoms with Gasteiger partial charge in [-0.2, -0.15) is 0 Å². The Labute approximate surface area is 134 Å². The van der Waals surface area contributed by atoms with Gasteiger partial charge in [-0.3, -0.25) is 9.59 Å². The van der Waals surface area contributed by atoms with Crippen LogP contribution in [0.15, 0.2) is 48.5 Å². The largest absolute Gasteiger partial charge is 0.376 e. The van der Waals surface area contributed by atoms with E-state index in [4.69, 9.17) is 11.5 Å². The molecule has 0 aromatic heterocycles. The standard InChI is InChI=1S/C17H20N4O2/c18-16(22)10-20-14-5-1-12(2-6-14)9-13-3-7-15(8-4-13)21-11-17(19)23/h1-8,20-21H,9-11H2,(H2,18,22)(H2,19,23). The molecule has 0 aliphatic heterocycles. The summed E-state index contributed by atoms with van der Waals surface area (Å²) < 4.78 is 0. The summed E-state index contributed by atoms with van der Waals surface area (Å²) in [5.41, 5.74) is 14.2. The minimum atomic E-state index is -0.390. The minimum absolute atomic E-state index is 0.124. The summed E-state index contributed by atoms with van der Waals surface area (Å²) in [6.07, 6.45) is 0.798. The van der Waals surface area contributed by atoms with E-state index in [1.165, 1.54) is 0 Å². The molecular weight excluding hydrogens is 292 g/mol. The zero-order valence-corrected chi connectivity index (χ0v) is 12.7. The van der Waals surface area contributed by atoms with Gasteiger partial charge in [0.15, 0.2) is 0 Å². The molecule has 0 aliphatic carbocycles. The van der Waals surface area contributed by atoms with E-state index in [1.807, 2.05) is 48.5 Å². The third kappa shape index (κ3) is 5.70. The van der Waals surface area contributed by atoms with Gasteiger partial charge >= 0.3 is 0 Å². The molecule has 0 saturated carbocycles. The Bertz CT molecular complexity index is 606. The first-order chi connectivity index (χ1) is 11.0. The summed E-state index contributed by atoms with van der Waals surface area (Å²) in [4.78, 5) is 21.4. The molecule has 2 amide bonds. The number of hydrogen-bond donors (Lipinski definition) is 4. The smallest absolute Gasteiger partial charge is 0.236 e. The van der Waals surface area contributed by atoms with Gasteiger partial charge in [0.2, 0.25) is 11.8 Å². The highest BCUT2D eigenvalue weighted by atomic mass is 16.1. The number of carbonyl (C=O) groups excluding carboxylic acids is 2. The fraction of sp³-hybridized carbons (Fsp3) is 0.176. The highest BCUT2D eigenvalue weighted by Gasteiger charge is 2.00. The van der Waals surface area contributed by atoms with Gasteiger partial charge in [0, 0.05) is 11.4 Å². The zero-order chi connectivity index (χ0) is 16.7. The van der Waals surface area contributed by atoms with Crippen LogP contribution < -0.4 is 22.1 Å². The maximum atomic E-state index is 10.7. The predicted octanol–water partition coefficient (Wildman–Crippen LogP) is 1.07. The van der Waals surface area contributed by atoms with Gasteiger partial charge in [-0.05, 0) is 41.8 Å². The van der Waals surface area contributed by atoms with Gasteiger partial charge in [0.1, 0.15) is 0 Å². The topological polar surface area (TPSA) is 110 Å². The lowest BCUT2D eigenvalue weighted by atomic mass is 10.0. The zero-order valence-electron chi connectivity index (χ0n) is 12.7. The fourth-order valence-corrected chi connectivity index (χ4v) is 2.09. The molecule has 23 heavy (non-hydrogen) atoms. The molecule has 0 atom stereocenters. The lowest BCUT2D eigenvalue weighted by Gasteiger charge is -2.08. The Balaban J connectivity index is 1.91. The lowest BCUT2D eigenvalue weighted by Crippen LogP contribution is -2.21. The molecule has 2 aromatic carbocycles. The summed E-state index contributed by atoms with van der Waals surface area (Å²) in [6, 6.07) is 15.7. The van der Waals surface area contributed by atoms with Crippen molar-refractivity contribution < 1.29 is 9.59 Å². The Morgan fingerprint density at radius 1 is 0.696 bits per heavy atom. The lowest BCUT2D eigenvalue weighted by molar-refractivity contribution is -0.117. The Morgan fingerprint density at radius 3 is 1.35 bits per heavy atom. The maximum absolute atomic E-state index is 10.7. The minimum Gasteiger partial charge on any atom is -0.376 e. The SMILES string of the molecule is NC(=O)CNc1ccc(Cc2ccc(NCC(N)=O)cc2)cc1. The van der Waals surface area contributed by atoms with Crippen LogP contribution in [0.3, 0.4) is 0 Å². The van der Waals surface area contributed by atoms with Crippen molar-refractivity contribution in [2.24, 2.45) is 11.5 Å². The second-order valence-corrected chi connectivity index (χ2v) is 5.21. The van der Waals surface area contributed by atoms with Crippen LogP contribution in [0.5, 0.6) is 0 Å². The highest BCUT2D eigenvalue weighted by molar-refractivity contribution is 5.79. The van der Waals surface area contributed by atoms with Crippen LogP contribution in [-0.2, 0) is 16.0 Å². The molecule has 0 spiro atoms. The number of primary amides is 2. The first-order valence-electron chi connectivity index (χ1n) is 7.25. The van der Waals surface area contributed by atoms with E-state index in [0.29, 0.717) is 0 Å². The predicted molar refractivity (Wildman–Crippen MR) is 91.1 cm³/mol. The summed E-state index contributed by atoms with van der Waals surface area (Å²) >= 11 is 0. The molecule has 0 heterocycles. The molecule has 0 saturated heterocycles. The van der Waals surface area contributed by atoms with E-state index >= 15 is 0 Å². The average molecular weight is 312 g/mol. The van der Waals surface area contributed by atoms with Crippen LogP contribution in [-0.4, -0.2) is 24.9 Å². The molecule has 2 aromatic rings. The molecule has 2 rings (SSSR count). The summed E-state index contributed by atoms with van der Waals surface area (Å²) in [5, 5.41) is 5.89. The van der Waals surface area contributed by atoms with Crippen molar-refractivity contribution >= 4 is 23.2 Å². The van der Waals surface area contributed by atoms with E-state index in [1.54, 1.807) is 0 Å². The quantitative estimate of drug-likeness (QED) is 0.584. The number of nitrogens with two attached hydrogens (primary N) is 2. The van der Waals surface area contributed by atoms with Crippen LogP contribution in [0.4, 0.5) is 11.4 Å². The first kappa shape index (κ1) is 16.4. The van der Waals surface area contributed by atoms with E-state index in [0.717, 1.165) is 28.9 Å². The second kappa shape index (κ2) is 7.84. The number of carbonyl (C=O) groups is 2. The van der Waals surface area contributed by atoms with Crippen LogP contribution >= 0.6 is 0 Å². The van der Waals surface area contributed by atoms with Crippen LogP contribution in [0, 0.1) is 0 Å². The molecular formula is C17H20N4O2. The van der Waals surface area contributed by atoms with E-state index in [2.05, 4.69) is 10.6 Å². The van der Waals surface area contributed by atoms with E-state index in [-0.39, 0.29) is 24.9 Å². The third-order valence-corrected chi connectivity index (χ3v) is 3.25. The van der Waals surface area contributed by atoms with Gasteiger partial charge in [-0.15, -0.1) is 0 Å². The van der Waals surface area contributed by atoms with E-state index in [9.17, 15) is 9.59 Å². The summed E-state index contributed by atoms with van der Waals surface area (Å²) in [6.45, 7) is 0.248. The molecule has 0 bridgehead atoms. The van der Waals surface area contributed by atoms with Gasteiger partial charge in [0.25, 0.3) is 0 Å². The molecule has 0 unspecified atom stereocenters. The van der Waals surface area contributed by atoms with Crippen molar-refractivity contribution in [3.8, 4) is 0 Å². The molecule has 6 heteroatoms. The monoisotopic (exact) mass is 312 g/mol. The number of amides is 2. The molecule has 6 nitrogen and oxygen atoms in total. The Hall–Kier alpha value is -3.02.